The number of methoxy groups -OCH3 is 1. The average molecular weight is 435 g/mol. The number of carbonyl (C=O) groups excluding carboxylic acids is 1. The maximum Gasteiger partial charge on any atom is 0.257 e. The number of nitrogens with zero attached hydrogens (tertiary/aromatic N) is 1. The Morgan fingerprint density at radius 3 is 2.73 bits per heavy atom. The van der Waals surface area contributed by atoms with Gasteiger partial charge in [-0.3, -0.25) is 4.79 Å². The Hall–Kier alpha value is -2.63. The summed E-state index contributed by atoms with van der Waals surface area (Å²) in [6, 6.07) is 13.5. The van der Waals surface area contributed by atoms with Crippen molar-refractivity contribution in [1.82, 2.24) is 4.72 Å². The molecule has 0 aliphatic carbocycles. The van der Waals surface area contributed by atoms with Gasteiger partial charge in [-0.15, -0.1) is 0 Å². The second kappa shape index (κ2) is 8.65. The molecule has 0 aromatic heterocycles. The average Bonchev–Trinajstić information content (AvgIpc) is 2.59. The number of carbonyl (C=O) groups is 1. The summed E-state index contributed by atoms with van der Waals surface area (Å²) in [5.41, 5.74) is 1.19. The van der Waals surface area contributed by atoms with Crippen molar-refractivity contribution < 1.29 is 17.9 Å². The minimum Gasteiger partial charge on any atom is -0.496 e. The number of hydrogen-bond acceptors (Lipinski definition) is 5. The Bertz CT molecular complexity index is 994. The van der Waals surface area contributed by atoms with E-state index in [1.807, 2.05) is 10.8 Å². The van der Waals surface area contributed by atoms with Crippen LogP contribution in [0.2, 0.25) is 0 Å². The first kappa shape index (κ1) is 19.7. The maximum atomic E-state index is 12.2. The molecule has 8 heteroatoms. The second-order valence-corrected chi connectivity index (χ2v) is 7.85. The van der Waals surface area contributed by atoms with Gasteiger partial charge in [0.15, 0.2) is 0 Å². The maximum absolute atomic E-state index is 12.2. The first-order valence-electron chi connectivity index (χ1n) is 7.38. The van der Waals surface area contributed by atoms with Crippen molar-refractivity contribution >= 4 is 37.9 Å². The van der Waals surface area contributed by atoms with Gasteiger partial charge in [0.2, 0.25) is 10.0 Å². The molecule has 0 spiro atoms. The molecule has 0 radical (unpaired) electrons. The van der Waals surface area contributed by atoms with Crippen LogP contribution in [0, 0.1) is 11.3 Å². The molecule has 2 aromatic rings. The Morgan fingerprint density at radius 1 is 1.31 bits per heavy atom. The van der Waals surface area contributed by atoms with Crippen LogP contribution in [-0.2, 0) is 20.6 Å². The summed E-state index contributed by atoms with van der Waals surface area (Å²) in [4.78, 5) is 12.0. The fourth-order valence-corrected chi connectivity index (χ4v) is 3.67. The smallest absolute Gasteiger partial charge is 0.257 e. The topological polar surface area (TPSA) is 96.3 Å². The van der Waals surface area contributed by atoms with E-state index in [9.17, 15) is 13.2 Å². The molecule has 0 aliphatic rings. The molecule has 1 amide bonds. The van der Waals surface area contributed by atoms with Crippen molar-refractivity contribution in [2.24, 2.45) is 0 Å². The fraction of sp³-hybridized carbons (Fsp3) is 0.111. The molecule has 0 saturated heterocycles. The van der Waals surface area contributed by atoms with Crippen molar-refractivity contribution in [1.29, 1.82) is 5.26 Å². The van der Waals surface area contributed by atoms with Crippen molar-refractivity contribution in [3.8, 4) is 11.8 Å². The number of sulfonamides is 1. The summed E-state index contributed by atoms with van der Waals surface area (Å²) < 4.78 is 32.3. The molecule has 0 heterocycles. The summed E-state index contributed by atoms with van der Waals surface area (Å²) >= 11 is 3.32. The van der Waals surface area contributed by atoms with Gasteiger partial charge in [-0.25, -0.2) is 13.1 Å². The van der Waals surface area contributed by atoms with Gasteiger partial charge in [-0.2, -0.15) is 5.26 Å². The van der Waals surface area contributed by atoms with E-state index in [-0.39, 0.29) is 5.56 Å². The number of benzene rings is 2. The van der Waals surface area contributed by atoms with E-state index in [1.54, 1.807) is 30.3 Å². The van der Waals surface area contributed by atoms with E-state index in [4.69, 9.17) is 10.00 Å². The summed E-state index contributed by atoms with van der Waals surface area (Å²) in [6.07, 6.45) is 2.57. The third-order valence-electron chi connectivity index (χ3n) is 3.35. The number of amides is 1. The Kier molecular flexibility index (Phi) is 6.55. The molecule has 1 N–H and O–H groups in total. The van der Waals surface area contributed by atoms with Crippen LogP contribution in [0.5, 0.6) is 5.75 Å². The van der Waals surface area contributed by atoms with Gasteiger partial charge < -0.3 is 4.74 Å². The normalized spacial score (nSPS) is 11.1. The van der Waals surface area contributed by atoms with Gasteiger partial charge in [0.25, 0.3) is 5.91 Å². The Balaban J connectivity index is 2.12. The first-order chi connectivity index (χ1) is 12.3. The van der Waals surface area contributed by atoms with Gasteiger partial charge in [0.05, 0.1) is 24.5 Å². The van der Waals surface area contributed by atoms with E-state index < -0.39 is 21.7 Å². The zero-order valence-electron chi connectivity index (χ0n) is 13.8. The molecule has 26 heavy (non-hydrogen) atoms. The number of ether oxygens (including phenoxy) is 1. The highest BCUT2D eigenvalue weighted by Crippen LogP contribution is 2.24. The van der Waals surface area contributed by atoms with Crippen LogP contribution in [0.25, 0.3) is 6.08 Å². The molecule has 0 saturated carbocycles. The largest absolute Gasteiger partial charge is 0.496 e. The van der Waals surface area contributed by atoms with E-state index in [0.717, 1.165) is 10.5 Å². The Labute approximate surface area is 160 Å². The fourth-order valence-electron chi connectivity index (χ4n) is 2.18. The molecule has 0 bridgehead atoms. The summed E-state index contributed by atoms with van der Waals surface area (Å²) in [5, 5.41) is 9.02. The lowest BCUT2D eigenvalue weighted by atomic mass is 10.1. The molecule has 2 rings (SSSR count). The van der Waals surface area contributed by atoms with Crippen molar-refractivity contribution in [2.75, 3.05) is 7.11 Å². The van der Waals surface area contributed by atoms with Crippen LogP contribution in [-0.4, -0.2) is 21.4 Å². The lowest BCUT2D eigenvalue weighted by Gasteiger charge is -2.07. The van der Waals surface area contributed by atoms with E-state index in [1.165, 1.54) is 25.3 Å². The summed E-state index contributed by atoms with van der Waals surface area (Å²) in [5.74, 6) is -0.708. The van der Waals surface area contributed by atoms with Gasteiger partial charge in [-0.05, 0) is 35.9 Å². The third-order valence-corrected chi connectivity index (χ3v) is 5.04. The highest BCUT2D eigenvalue weighted by molar-refractivity contribution is 9.10. The second-order valence-electron chi connectivity index (χ2n) is 5.21. The lowest BCUT2D eigenvalue weighted by Crippen LogP contribution is -2.30. The van der Waals surface area contributed by atoms with Gasteiger partial charge in [0.1, 0.15) is 5.75 Å². The number of nitriles is 1. The molecule has 134 valence electrons. The molecule has 2 aromatic carbocycles. The van der Waals surface area contributed by atoms with Gasteiger partial charge in [0, 0.05) is 16.1 Å². The highest BCUT2D eigenvalue weighted by atomic mass is 79.9. The molecule has 0 unspecified atom stereocenters. The van der Waals surface area contributed by atoms with E-state index in [0.29, 0.717) is 16.9 Å². The van der Waals surface area contributed by atoms with Crippen LogP contribution in [0.15, 0.2) is 53.0 Å². The number of halogens is 1. The molecule has 0 fully saturated rings. The predicted molar refractivity (Wildman–Crippen MR) is 102 cm³/mol. The van der Waals surface area contributed by atoms with Gasteiger partial charge >= 0.3 is 0 Å². The highest BCUT2D eigenvalue weighted by Gasteiger charge is 2.16. The van der Waals surface area contributed by atoms with Crippen molar-refractivity contribution in [3.63, 3.8) is 0 Å². The minimum absolute atomic E-state index is 0.250. The number of nitrogens with one attached hydrogen (secondary N) is 1. The molecule has 0 atom stereocenters. The zero-order chi connectivity index (χ0) is 19.2. The van der Waals surface area contributed by atoms with Crippen LogP contribution < -0.4 is 9.46 Å². The first-order valence-corrected chi connectivity index (χ1v) is 9.83. The van der Waals surface area contributed by atoms with Crippen LogP contribution in [0.3, 0.4) is 0 Å². The van der Waals surface area contributed by atoms with Crippen LogP contribution in [0.4, 0.5) is 0 Å². The van der Waals surface area contributed by atoms with Crippen molar-refractivity contribution in [3.05, 3.63) is 69.7 Å². The predicted octanol–water partition coefficient (Wildman–Crippen LogP) is 2.99. The van der Waals surface area contributed by atoms with Crippen LogP contribution in [0.1, 0.15) is 16.7 Å². The minimum atomic E-state index is -3.94. The third kappa shape index (κ3) is 5.44. The van der Waals surface area contributed by atoms with Gasteiger partial charge in [-0.1, -0.05) is 34.1 Å². The van der Waals surface area contributed by atoms with E-state index >= 15 is 0 Å². The number of rotatable bonds is 6. The monoisotopic (exact) mass is 434 g/mol. The van der Waals surface area contributed by atoms with Crippen LogP contribution >= 0.6 is 15.9 Å². The zero-order valence-corrected chi connectivity index (χ0v) is 16.2. The van der Waals surface area contributed by atoms with Crippen molar-refractivity contribution in [2.45, 2.75) is 5.75 Å². The molecular weight excluding hydrogens is 420 g/mol. The molecule has 0 aliphatic heterocycles. The lowest BCUT2D eigenvalue weighted by molar-refractivity contribution is -0.114. The summed E-state index contributed by atoms with van der Waals surface area (Å²) in [6.45, 7) is 0. The standard InChI is InChI=1S/C18H15BrN2O4S/c1-25-17-8-7-16(19)10-13(17)6-9-18(22)21-26(23,24)12-15-5-3-2-4-14(15)11-20/h2-10H,12H2,1H3,(H,21,22). The Morgan fingerprint density at radius 2 is 2.04 bits per heavy atom. The van der Waals surface area contributed by atoms with E-state index in [2.05, 4.69) is 15.9 Å². The summed E-state index contributed by atoms with van der Waals surface area (Å²) in [7, 11) is -2.44. The quantitative estimate of drug-likeness (QED) is 0.704. The SMILES string of the molecule is COc1ccc(Br)cc1C=CC(=O)NS(=O)(=O)Cc1ccccc1C#N. The number of hydrogen-bond donors (Lipinski definition) is 1. The molecule has 6 nitrogen and oxygen atoms in total. The molecular formula is C18H15BrN2O4S.